The van der Waals surface area contributed by atoms with Crippen LogP contribution in [0.2, 0.25) is 0 Å². The van der Waals surface area contributed by atoms with Crippen LogP contribution in [-0.4, -0.2) is 46.9 Å². The topological polar surface area (TPSA) is 95.0 Å². The Morgan fingerprint density at radius 2 is 2.09 bits per heavy atom. The molecule has 0 radical (unpaired) electrons. The fourth-order valence-electron chi connectivity index (χ4n) is 3.62. The van der Waals surface area contributed by atoms with Crippen molar-refractivity contribution in [1.29, 1.82) is 0 Å². The molecule has 2 aromatic heterocycles. The highest BCUT2D eigenvalue weighted by Crippen LogP contribution is 2.32. The van der Waals surface area contributed by atoms with Crippen molar-refractivity contribution >= 4 is 29.3 Å². The number of amidine groups is 1. The zero-order valence-corrected chi connectivity index (χ0v) is 19.5. The van der Waals surface area contributed by atoms with Crippen LogP contribution < -0.4 is 24.4 Å². The van der Waals surface area contributed by atoms with Crippen LogP contribution in [0, 0.1) is 0 Å². The maximum absolute atomic E-state index is 13.6. The van der Waals surface area contributed by atoms with Gasteiger partial charge in [0.2, 0.25) is 6.17 Å². The number of fused-ring (bicyclic) bond motifs is 1. The average Bonchev–Trinajstić information content (AvgIpc) is 3.12. The standard InChI is InChI=1S/C23H23N4O5S/c1-5-32-23(29)26-14(2)25-22-27(20(26)17-12-16(30-3)8-9-18(17)31-4)21(28)19(33-22)11-15-7-6-10-24-13-15/h6-13,20H,5H2,1-4H3/q+1. The Kier molecular flexibility index (Phi) is 6.36. The van der Waals surface area contributed by atoms with E-state index in [1.54, 1.807) is 63.7 Å². The highest BCUT2D eigenvalue weighted by atomic mass is 32.1. The van der Waals surface area contributed by atoms with Gasteiger partial charge in [0.1, 0.15) is 11.5 Å². The van der Waals surface area contributed by atoms with E-state index in [1.165, 1.54) is 27.6 Å². The minimum Gasteiger partial charge on any atom is -0.497 e. The van der Waals surface area contributed by atoms with Crippen molar-refractivity contribution < 1.29 is 23.6 Å². The average molecular weight is 468 g/mol. The number of nitrogens with zero attached hydrogens (tertiary/aromatic N) is 4. The summed E-state index contributed by atoms with van der Waals surface area (Å²) in [5, 5.41) is 0. The third-order valence-corrected chi connectivity index (χ3v) is 6.08. The van der Waals surface area contributed by atoms with Crippen LogP contribution in [0.1, 0.15) is 31.1 Å². The normalized spacial score (nSPS) is 15.6. The molecule has 0 aliphatic carbocycles. The third kappa shape index (κ3) is 4.17. The number of pyridine rings is 1. The molecule has 170 valence electrons. The van der Waals surface area contributed by atoms with Crippen LogP contribution in [0.25, 0.3) is 6.08 Å². The number of carbonyl (C=O) groups is 1. The number of thiazole rings is 1. The van der Waals surface area contributed by atoms with Crippen molar-refractivity contribution in [3.8, 4) is 11.5 Å². The second-order valence-corrected chi connectivity index (χ2v) is 8.07. The van der Waals surface area contributed by atoms with Gasteiger partial charge in [0.15, 0.2) is 0 Å². The molecule has 0 saturated carbocycles. The summed E-state index contributed by atoms with van der Waals surface area (Å²) in [7, 11) is 3.08. The Morgan fingerprint density at radius 3 is 2.76 bits per heavy atom. The van der Waals surface area contributed by atoms with E-state index in [-0.39, 0.29) is 12.2 Å². The Morgan fingerprint density at radius 1 is 1.27 bits per heavy atom. The van der Waals surface area contributed by atoms with Crippen molar-refractivity contribution in [3.63, 3.8) is 0 Å². The van der Waals surface area contributed by atoms with Gasteiger partial charge in [-0.3, -0.25) is 9.78 Å². The number of methoxy groups -OCH3 is 2. The summed E-state index contributed by atoms with van der Waals surface area (Å²) in [5.74, 6) is 1.45. The maximum atomic E-state index is 13.6. The Balaban J connectivity index is 2.02. The minimum atomic E-state index is -0.874. The van der Waals surface area contributed by atoms with E-state index in [1.807, 2.05) is 6.07 Å². The third-order valence-electron chi connectivity index (χ3n) is 5.09. The van der Waals surface area contributed by atoms with Crippen LogP contribution in [0.15, 0.2) is 52.5 Å². The first-order valence-corrected chi connectivity index (χ1v) is 11.0. The molecule has 33 heavy (non-hydrogen) atoms. The fraction of sp³-hybridized carbons (Fsp3) is 0.261. The zero-order chi connectivity index (χ0) is 23.5. The molecule has 1 atom stereocenters. The van der Waals surface area contributed by atoms with Crippen LogP contribution in [0.3, 0.4) is 0 Å². The van der Waals surface area contributed by atoms with E-state index in [9.17, 15) is 9.59 Å². The largest absolute Gasteiger partial charge is 0.509 e. The van der Waals surface area contributed by atoms with Gasteiger partial charge in [-0.2, -0.15) is 4.79 Å². The molecular weight excluding hydrogens is 444 g/mol. The number of ether oxygens (including phenoxy) is 3. The Bertz CT molecular complexity index is 1410. The quantitative estimate of drug-likeness (QED) is 0.532. The second kappa shape index (κ2) is 9.37. The number of hydrogen-bond acceptors (Lipinski definition) is 8. The molecule has 4 rings (SSSR count). The minimum absolute atomic E-state index is 0.177. The monoisotopic (exact) mass is 467 g/mol. The maximum Gasteiger partial charge on any atom is 0.509 e. The summed E-state index contributed by atoms with van der Waals surface area (Å²) in [4.78, 5) is 35.7. The van der Waals surface area contributed by atoms with Crippen LogP contribution in [-0.2, 0) is 4.74 Å². The highest BCUT2D eigenvalue weighted by molar-refractivity contribution is 7.07. The molecule has 1 unspecified atom stereocenters. The van der Waals surface area contributed by atoms with Gasteiger partial charge >= 0.3 is 16.7 Å². The lowest BCUT2D eigenvalue weighted by molar-refractivity contribution is -0.506. The number of rotatable bonds is 5. The number of carbonyl (C=O) groups excluding carboxylic acids is 1. The lowest BCUT2D eigenvalue weighted by atomic mass is 10.1. The molecule has 10 heteroatoms. The predicted molar refractivity (Wildman–Crippen MR) is 123 cm³/mol. The Hall–Kier alpha value is -3.79. The first-order valence-electron chi connectivity index (χ1n) is 10.2. The van der Waals surface area contributed by atoms with Gasteiger partial charge < -0.3 is 14.2 Å². The van der Waals surface area contributed by atoms with Gasteiger partial charge in [-0.1, -0.05) is 17.4 Å². The number of benzene rings is 1. The highest BCUT2D eigenvalue weighted by Gasteiger charge is 2.40. The molecule has 0 spiro atoms. The Labute approximate surface area is 193 Å². The molecule has 1 amide bonds. The van der Waals surface area contributed by atoms with Crippen molar-refractivity contribution in [2.75, 3.05) is 20.8 Å². The summed E-state index contributed by atoms with van der Waals surface area (Å²) in [6.07, 6.45) is 3.60. The van der Waals surface area contributed by atoms with Crippen LogP contribution in [0.4, 0.5) is 4.79 Å². The lowest BCUT2D eigenvalue weighted by Gasteiger charge is -2.22. The number of amides is 1. The first kappa shape index (κ1) is 22.4. The van der Waals surface area contributed by atoms with Gasteiger partial charge in [-0.25, -0.2) is 4.57 Å². The molecule has 3 heterocycles. The van der Waals surface area contributed by atoms with E-state index in [0.29, 0.717) is 32.2 Å². The van der Waals surface area contributed by atoms with Crippen LogP contribution in [0.5, 0.6) is 11.5 Å². The van der Waals surface area contributed by atoms with Crippen molar-refractivity contribution in [3.05, 3.63) is 73.5 Å². The van der Waals surface area contributed by atoms with Crippen molar-refractivity contribution in [2.24, 2.45) is 4.99 Å². The molecule has 1 aliphatic heterocycles. The molecule has 1 aliphatic rings. The molecule has 3 aromatic rings. The van der Waals surface area contributed by atoms with Crippen LogP contribution >= 0.6 is 11.3 Å². The smallest absolute Gasteiger partial charge is 0.497 e. The van der Waals surface area contributed by atoms with Crippen molar-refractivity contribution in [1.82, 2.24) is 9.55 Å². The van der Waals surface area contributed by atoms with E-state index >= 15 is 0 Å². The summed E-state index contributed by atoms with van der Waals surface area (Å²) >= 11 is 1.24. The molecule has 0 bridgehead atoms. The molecule has 1 aromatic carbocycles. The van der Waals surface area contributed by atoms with Crippen molar-refractivity contribution in [2.45, 2.75) is 20.0 Å². The van der Waals surface area contributed by atoms with Gasteiger partial charge in [-0.15, -0.1) is 4.58 Å². The molecule has 9 nitrogen and oxygen atoms in total. The SMILES string of the molecule is CCOC(=O)[N+]1=C(C)N=c2sc(=Cc3cccnc3)c(=O)n2C1c1cc(OC)ccc1OC. The van der Waals surface area contributed by atoms with E-state index in [2.05, 4.69) is 9.98 Å². The second-order valence-electron chi connectivity index (χ2n) is 7.06. The van der Waals surface area contributed by atoms with Gasteiger partial charge in [0, 0.05) is 19.3 Å². The molecule has 0 saturated heterocycles. The van der Waals surface area contributed by atoms with E-state index < -0.39 is 12.3 Å². The summed E-state index contributed by atoms with van der Waals surface area (Å²) in [6.45, 7) is 3.60. The number of aromatic nitrogens is 2. The van der Waals surface area contributed by atoms with E-state index in [4.69, 9.17) is 14.2 Å². The fourth-order valence-corrected chi connectivity index (χ4v) is 4.66. The summed E-state index contributed by atoms with van der Waals surface area (Å²) in [5.41, 5.74) is 1.06. The number of hydrogen-bond donors (Lipinski definition) is 0. The summed E-state index contributed by atoms with van der Waals surface area (Å²) in [6, 6.07) is 8.88. The van der Waals surface area contributed by atoms with Gasteiger partial charge in [0.05, 0.1) is 30.9 Å². The first-order chi connectivity index (χ1) is 16.0. The molecular formula is C23H23N4O5S+. The van der Waals surface area contributed by atoms with Gasteiger partial charge in [0.25, 0.3) is 5.56 Å². The zero-order valence-electron chi connectivity index (χ0n) is 18.6. The summed E-state index contributed by atoms with van der Waals surface area (Å²) < 4.78 is 19.6. The molecule has 0 fully saturated rings. The van der Waals surface area contributed by atoms with E-state index in [0.717, 1.165) is 5.56 Å². The van der Waals surface area contributed by atoms with Gasteiger partial charge in [-0.05, 0) is 47.8 Å². The molecule has 0 N–H and O–H groups in total. The predicted octanol–water partition coefficient (Wildman–Crippen LogP) is 1.92. The lowest BCUT2D eigenvalue weighted by Crippen LogP contribution is -2.47.